The van der Waals surface area contributed by atoms with E-state index in [1.807, 2.05) is 0 Å². The van der Waals surface area contributed by atoms with Gasteiger partial charge in [-0.3, -0.25) is 9.59 Å². The van der Waals surface area contributed by atoms with Crippen LogP contribution in [0.3, 0.4) is 0 Å². The third-order valence-electron chi connectivity index (χ3n) is 4.26. The average Bonchev–Trinajstić information content (AvgIpc) is 2.88. The van der Waals surface area contributed by atoms with Crippen LogP contribution in [0, 0.1) is 0 Å². The number of hydrogen-bond donors (Lipinski definition) is 0. The molecule has 7 nitrogen and oxygen atoms in total. The summed E-state index contributed by atoms with van der Waals surface area (Å²) in [6.07, 6.45) is 1.18. The van der Waals surface area contributed by atoms with Crippen molar-refractivity contribution in [3.63, 3.8) is 0 Å². The number of rotatable bonds is 6. The Kier molecular flexibility index (Phi) is 6.30. The quantitative estimate of drug-likeness (QED) is 0.279. The largest absolute Gasteiger partial charge is 0.462 e. The second-order valence-electron chi connectivity index (χ2n) is 6.18. The first-order valence-corrected chi connectivity index (χ1v) is 10.9. The number of hydrogen-bond acceptors (Lipinski definition) is 6. The molecule has 156 valence electrons. The van der Waals surface area contributed by atoms with E-state index in [1.165, 1.54) is 48.5 Å². The Morgan fingerprint density at radius 1 is 1.13 bits per heavy atom. The molecule has 0 bridgehead atoms. The van der Waals surface area contributed by atoms with Crippen LogP contribution in [0.25, 0.3) is 6.08 Å². The molecule has 0 saturated heterocycles. The summed E-state index contributed by atoms with van der Waals surface area (Å²) < 4.78 is 30.7. The van der Waals surface area contributed by atoms with Gasteiger partial charge in [-0.25, -0.2) is 17.5 Å². The normalized spacial score (nSPS) is 15.1. The molecule has 2 aromatic rings. The Balaban J connectivity index is 1.98. The van der Waals surface area contributed by atoms with Gasteiger partial charge in [0.25, 0.3) is 15.9 Å². The van der Waals surface area contributed by atoms with E-state index >= 15 is 0 Å². The number of carbonyl (C=O) groups is 3. The lowest BCUT2D eigenvalue weighted by Gasteiger charge is -2.15. The van der Waals surface area contributed by atoms with E-state index in [4.69, 9.17) is 27.9 Å². The van der Waals surface area contributed by atoms with Gasteiger partial charge in [-0.1, -0.05) is 41.4 Å². The molecule has 1 heterocycles. The molecule has 30 heavy (non-hydrogen) atoms. The number of sulfonamides is 1. The molecule has 0 N–H and O–H groups in total. The van der Waals surface area contributed by atoms with Crippen molar-refractivity contribution in [2.24, 2.45) is 0 Å². The van der Waals surface area contributed by atoms with Gasteiger partial charge in [-0.05, 0) is 42.8 Å². The smallest absolute Gasteiger partial charge is 0.341 e. The van der Waals surface area contributed by atoms with E-state index in [1.54, 1.807) is 6.92 Å². The maximum atomic E-state index is 12.9. The van der Waals surface area contributed by atoms with Crippen LogP contribution in [-0.4, -0.2) is 43.5 Å². The highest BCUT2D eigenvalue weighted by molar-refractivity contribution is 7.90. The minimum absolute atomic E-state index is 0.00973. The van der Waals surface area contributed by atoms with E-state index < -0.39 is 39.8 Å². The zero-order valence-corrected chi connectivity index (χ0v) is 17.9. The number of ether oxygens (including phenoxy) is 1. The summed E-state index contributed by atoms with van der Waals surface area (Å²) in [5.74, 6) is -2.72. The monoisotopic (exact) mass is 467 g/mol. The zero-order chi connectivity index (χ0) is 22.1. The van der Waals surface area contributed by atoms with Crippen molar-refractivity contribution in [2.45, 2.75) is 11.8 Å². The number of nitrogens with zero attached hydrogens (tertiary/aromatic N) is 1. The van der Waals surface area contributed by atoms with Gasteiger partial charge in [0.2, 0.25) is 0 Å². The summed E-state index contributed by atoms with van der Waals surface area (Å²) in [6.45, 7) is 0.691. The molecule has 3 rings (SSSR count). The Hall–Kier alpha value is -2.68. The van der Waals surface area contributed by atoms with Crippen molar-refractivity contribution >= 4 is 57.0 Å². The summed E-state index contributed by atoms with van der Waals surface area (Å²) in [7, 11) is -4.21. The van der Waals surface area contributed by atoms with E-state index in [9.17, 15) is 22.8 Å². The van der Waals surface area contributed by atoms with Crippen LogP contribution in [-0.2, 0) is 24.3 Å². The molecule has 0 saturated carbocycles. The number of Topliss-reactive ketones (excluding diaryl/α,β-unsaturated/α-hetero) is 1. The number of carbonyl (C=O) groups excluding carboxylic acids is 3. The molecule has 1 amide bonds. The van der Waals surface area contributed by atoms with Gasteiger partial charge in [0.15, 0.2) is 5.78 Å². The second kappa shape index (κ2) is 8.59. The third-order valence-corrected chi connectivity index (χ3v) is 6.61. The van der Waals surface area contributed by atoms with Gasteiger partial charge in [0, 0.05) is 10.0 Å². The molecule has 0 fully saturated rings. The van der Waals surface area contributed by atoms with Gasteiger partial charge in [0.05, 0.1) is 12.2 Å². The van der Waals surface area contributed by atoms with Gasteiger partial charge >= 0.3 is 5.97 Å². The molecule has 1 aliphatic rings. The van der Waals surface area contributed by atoms with Gasteiger partial charge in [-0.15, -0.1) is 0 Å². The van der Waals surface area contributed by atoms with Crippen molar-refractivity contribution < 1.29 is 27.5 Å². The summed E-state index contributed by atoms with van der Waals surface area (Å²) in [5.41, 5.74) is -0.177. The molecule has 0 spiro atoms. The molecule has 0 unspecified atom stereocenters. The average molecular weight is 468 g/mol. The molecule has 10 heteroatoms. The number of halogens is 2. The Morgan fingerprint density at radius 3 is 2.47 bits per heavy atom. The zero-order valence-electron chi connectivity index (χ0n) is 15.6. The molecule has 0 radical (unpaired) electrons. The highest BCUT2D eigenvalue weighted by atomic mass is 35.5. The summed E-state index contributed by atoms with van der Waals surface area (Å²) >= 11 is 12.0. The lowest BCUT2D eigenvalue weighted by Crippen LogP contribution is -2.36. The van der Waals surface area contributed by atoms with Crippen molar-refractivity contribution in [3.8, 4) is 0 Å². The minimum Gasteiger partial charge on any atom is -0.462 e. The number of amides is 1. The topological polar surface area (TPSA) is 97.8 Å². The lowest BCUT2D eigenvalue weighted by molar-refractivity contribution is -0.139. The van der Waals surface area contributed by atoms with Gasteiger partial charge in [0.1, 0.15) is 17.0 Å². The number of esters is 1. The maximum Gasteiger partial charge on any atom is 0.341 e. The van der Waals surface area contributed by atoms with Crippen molar-refractivity contribution in [2.75, 3.05) is 13.2 Å². The van der Waals surface area contributed by atoms with Crippen LogP contribution in [0.4, 0.5) is 0 Å². The highest BCUT2D eigenvalue weighted by Crippen LogP contribution is 2.30. The van der Waals surface area contributed by atoms with Crippen LogP contribution >= 0.6 is 23.2 Å². The molecular formula is C20H15Cl2NO6S. The fourth-order valence-corrected chi connectivity index (χ4v) is 4.83. The van der Waals surface area contributed by atoms with Crippen LogP contribution in [0.5, 0.6) is 0 Å². The first-order valence-electron chi connectivity index (χ1n) is 8.70. The van der Waals surface area contributed by atoms with E-state index in [-0.39, 0.29) is 22.1 Å². The molecular weight excluding hydrogens is 453 g/mol. The van der Waals surface area contributed by atoms with E-state index in [0.717, 1.165) is 0 Å². The maximum absolute atomic E-state index is 12.9. The van der Waals surface area contributed by atoms with E-state index in [0.29, 0.717) is 14.9 Å². The van der Waals surface area contributed by atoms with Gasteiger partial charge in [-0.2, -0.15) is 0 Å². The molecule has 0 atom stereocenters. The van der Waals surface area contributed by atoms with E-state index in [2.05, 4.69) is 0 Å². The van der Waals surface area contributed by atoms with Crippen LogP contribution in [0.1, 0.15) is 22.8 Å². The minimum atomic E-state index is -4.21. The Labute approximate surface area is 182 Å². The standard InChI is InChI=1S/C20H15Cl2NO6S/c1-2-29-20(26)15(9-12-7-8-13(21)10-16(12)22)17(24)11-23-19(25)14-5-3-4-6-18(14)30(23,27)28/h3-10H,2,11H2,1H3/b15-9+. The number of ketones is 1. The Bertz CT molecular complexity index is 1190. The second-order valence-corrected chi connectivity index (χ2v) is 8.85. The molecule has 1 aliphatic heterocycles. The molecule has 2 aromatic carbocycles. The lowest BCUT2D eigenvalue weighted by atomic mass is 10.1. The first kappa shape index (κ1) is 22.0. The fraction of sp³-hybridized carbons (Fsp3) is 0.150. The van der Waals surface area contributed by atoms with Crippen LogP contribution < -0.4 is 0 Å². The molecule has 0 aliphatic carbocycles. The third kappa shape index (κ3) is 4.12. The Morgan fingerprint density at radius 2 is 1.83 bits per heavy atom. The first-order chi connectivity index (χ1) is 14.2. The van der Waals surface area contributed by atoms with Crippen molar-refractivity contribution in [1.29, 1.82) is 0 Å². The summed E-state index contributed by atoms with van der Waals surface area (Å²) in [4.78, 5) is 37.6. The summed E-state index contributed by atoms with van der Waals surface area (Å²) in [5, 5.41) is 0.530. The summed E-state index contributed by atoms with van der Waals surface area (Å²) in [6, 6.07) is 10.1. The van der Waals surface area contributed by atoms with Crippen LogP contribution in [0.2, 0.25) is 10.0 Å². The van der Waals surface area contributed by atoms with Gasteiger partial charge < -0.3 is 4.74 Å². The molecule has 0 aromatic heterocycles. The van der Waals surface area contributed by atoms with Crippen molar-refractivity contribution in [3.05, 3.63) is 69.2 Å². The predicted octanol–water partition coefficient (Wildman–Crippen LogP) is 3.35. The van der Waals surface area contributed by atoms with Crippen LogP contribution in [0.15, 0.2) is 52.9 Å². The van der Waals surface area contributed by atoms with Crippen molar-refractivity contribution in [1.82, 2.24) is 4.31 Å². The fourth-order valence-electron chi connectivity index (χ4n) is 2.84. The SMILES string of the molecule is CCOC(=O)/C(=C/c1ccc(Cl)cc1Cl)C(=O)CN1C(=O)c2ccccc2S1(=O)=O. The predicted molar refractivity (Wildman–Crippen MR) is 111 cm³/mol. The highest BCUT2D eigenvalue weighted by Gasteiger charge is 2.42. The number of fused-ring (bicyclic) bond motifs is 1. The number of benzene rings is 2.